The molecule has 0 fully saturated rings. The minimum Gasteiger partial charge on any atom is -0.399 e. The van der Waals surface area contributed by atoms with Gasteiger partial charge in [0.05, 0.1) is 17.9 Å². The smallest absolute Gasteiger partial charge is 0.399 e. The molecule has 1 aromatic carbocycles. The van der Waals surface area contributed by atoms with E-state index < -0.39 is 25.2 Å². The van der Waals surface area contributed by atoms with Crippen molar-refractivity contribution in [1.82, 2.24) is 0 Å². The van der Waals surface area contributed by atoms with E-state index in [4.69, 9.17) is 16.6 Å². The second-order valence-electron chi connectivity index (χ2n) is 3.90. The Labute approximate surface area is 107 Å². The van der Waals surface area contributed by atoms with E-state index in [1.54, 1.807) is 0 Å². The van der Waals surface area contributed by atoms with Crippen molar-refractivity contribution in [2.45, 2.75) is 6.18 Å². The highest BCUT2D eigenvalue weighted by molar-refractivity contribution is 5.99. The molecule has 0 aromatic heterocycles. The molecule has 5 N–H and O–H groups in total. The van der Waals surface area contributed by atoms with Crippen molar-refractivity contribution in [2.75, 3.05) is 30.3 Å². The first-order chi connectivity index (χ1) is 8.74. The van der Waals surface area contributed by atoms with E-state index in [-0.39, 0.29) is 23.5 Å². The van der Waals surface area contributed by atoms with Gasteiger partial charge in [-0.05, 0) is 18.2 Å². The summed E-state index contributed by atoms with van der Waals surface area (Å²) in [6.07, 6.45) is -4.48. The van der Waals surface area contributed by atoms with Crippen molar-refractivity contribution in [3.8, 4) is 0 Å². The molecule has 0 saturated carbocycles. The van der Waals surface area contributed by atoms with Crippen LogP contribution in [0.5, 0.6) is 0 Å². The van der Waals surface area contributed by atoms with E-state index in [2.05, 4.69) is 0 Å². The highest BCUT2D eigenvalue weighted by atomic mass is 19.4. The van der Waals surface area contributed by atoms with Crippen LogP contribution in [0.3, 0.4) is 0 Å². The van der Waals surface area contributed by atoms with Crippen molar-refractivity contribution in [1.29, 1.82) is 0 Å². The Balaban J connectivity index is 3.20. The number of alkyl halides is 3. The maximum Gasteiger partial charge on any atom is 0.405 e. The summed E-state index contributed by atoms with van der Waals surface area (Å²) in [6.45, 7) is -2.09. The number of nitrogens with two attached hydrogens (primary N) is 2. The topological polar surface area (TPSA) is 92.6 Å². The van der Waals surface area contributed by atoms with Gasteiger partial charge in [0.25, 0.3) is 5.91 Å². The van der Waals surface area contributed by atoms with Crippen LogP contribution in [-0.2, 0) is 0 Å². The van der Waals surface area contributed by atoms with Crippen LogP contribution in [-0.4, -0.2) is 36.9 Å². The second kappa shape index (κ2) is 5.79. The number of carbonyl (C=O) groups excluding carboxylic acids is 1. The largest absolute Gasteiger partial charge is 0.405 e. The maximum atomic E-state index is 12.5. The molecule has 0 bridgehead atoms. The predicted molar refractivity (Wildman–Crippen MR) is 64.7 cm³/mol. The number of carbonyl (C=O) groups is 1. The lowest BCUT2D eigenvalue weighted by Gasteiger charge is -2.27. The molecule has 0 saturated heterocycles. The number of amides is 1. The van der Waals surface area contributed by atoms with Gasteiger partial charge in [-0.3, -0.25) is 4.79 Å². The molecule has 106 valence electrons. The van der Waals surface area contributed by atoms with E-state index >= 15 is 0 Å². The minimum atomic E-state index is -4.48. The van der Waals surface area contributed by atoms with Crippen LogP contribution < -0.4 is 16.4 Å². The fourth-order valence-electron chi connectivity index (χ4n) is 1.64. The number of primary amides is 1. The predicted octanol–water partition coefficient (Wildman–Crippen LogP) is 0.729. The Morgan fingerprint density at radius 3 is 2.47 bits per heavy atom. The van der Waals surface area contributed by atoms with Gasteiger partial charge in [-0.1, -0.05) is 0 Å². The molecule has 0 heterocycles. The number of anilines is 2. The van der Waals surface area contributed by atoms with Gasteiger partial charge in [0.15, 0.2) is 0 Å². The number of aliphatic hydroxyl groups is 1. The zero-order chi connectivity index (χ0) is 14.6. The third-order valence-corrected chi connectivity index (χ3v) is 2.37. The molecule has 1 aromatic rings. The second-order valence-corrected chi connectivity index (χ2v) is 3.90. The normalized spacial score (nSPS) is 11.4. The highest BCUT2D eigenvalue weighted by Crippen LogP contribution is 2.27. The van der Waals surface area contributed by atoms with Gasteiger partial charge in [-0.2, -0.15) is 13.2 Å². The summed E-state index contributed by atoms with van der Waals surface area (Å²) in [4.78, 5) is 12.0. The standard InChI is InChI=1S/C11H14F3N3O2/c12-11(13,14)6-17(3-4-18)9-5-7(15)1-2-8(9)10(16)19/h1-2,5,18H,3-4,6,15H2,(H2,16,19). The van der Waals surface area contributed by atoms with Crippen molar-refractivity contribution < 1.29 is 23.1 Å². The zero-order valence-electron chi connectivity index (χ0n) is 9.94. The quantitative estimate of drug-likeness (QED) is 0.692. The number of halogens is 3. The Morgan fingerprint density at radius 2 is 2.00 bits per heavy atom. The number of hydrogen-bond acceptors (Lipinski definition) is 4. The van der Waals surface area contributed by atoms with Crippen molar-refractivity contribution in [2.24, 2.45) is 5.73 Å². The Bertz CT molecular complexity index is 463. The van der Waals surface area contributed by atoms with E-state index in [1.807, 2.05) is 0 Å². The Kier molecular flexibility index (Phi) is 4.60. The number of benzene rings is 1. The van der Waals surface area contributed by atoms with Crippen molar-refractivity contribution in [3.63, 3.8) is 0 Å². The molecule has 0 spiro atoms. The summed E-state index contributed by atoms with van der Waals surface area (Å²) >= 11 is 0. The molecule has 0 radical (unpaired) electrons. The molecule has 0 aliphatic rings. The molecule has 1 rings (SSSR count). The van der Waals surface area contributed by atoms with Gasteiger partial charge in [-0.15, -0.1) is 0 Å². The fourth-order valence-corrected chi connectivity index (χ4v) is 1.64. The SMILES string of the molecule is NC(=O)c1ccc(N)cc1N(CCO)CC(F)(F)F. The van der Waals surface area contributed by atoms with Crippen LogP contribution in [0.15, 0.2) is 18.2 Å². The Morgan fingerprint density at radius 1 is 1.37 bits per heavy atom. The molecule has 0 unspecified atom stereocenters. The highest BCUT2D eigenvalue weighted by Gasteiger charge is 2.32. The van der Waals surface area contributed by atoms with Crippen LogP contribution in [0.4, 0.5) is 24.5 Å². The van der Waals surface area contributed by atoms with Crippen LogP contribution in [0.1, 0.15) is 10.4 Å². The molecule has 0 aliphatic carbocycles. The lowest BCUT2D eigenvalue weighted by Crippen LogP contribution is -2.37. The average molecular weight is 277 g/mol. The molecule has 0 atom stereocenters. The summed E-state index contributed by atoms with van der Waals surface area (Å²) in [5.74, 6) is -0.861. The van der Waals surface area contributed by atoms with Crippen LogP contribution in [0, 0.1) is 0 Å². The summed E-state index contributed by atoms with van der Waals surface area (Å²) in [6, 6.07) is 3.85. The maximum absolute atomic E-state index is 12.5. The third-order valence-electron chi connectivity index (χ3n) is 2.37. The zero-order valence-corrected chi connectivity index (χ0v) is 9.94. The molecule has 5 nitrogen and oxygen atoms in total. The molecule has 19 heavy (non-hydrogen) atoms. The van der Waals surface area contributed by atoms with Crippen LogP contribution in [0.25, 0.3) is 0 Å². The monoisotopic (exact) mass is 277 g/mol. The van der Waals surface area contributed by atoms with Gasteiger partial charge >= 0.3 is 6.18 Å². The molecule has 8 heteroatoms. The summed E-state index contributed by atoms with van der Waals surface area (Å²) < 4.78 is 37.4. The number of nitrogens with zero attached hydrogens (tertiary/aromatic N) is 1. The summed E-state index contributed by atoms with van der Waals surface area (Å²) in [7, 11) is 0. The fraction of sp³-hybridized carbons (Fsp3) is 0.364. The lowest BCUT2D eigenvalue weighted by molar-refractivity contribution is -0.119. The number of nitrogen functional groups attached to an aromatic ring is 1. The molecular formula is C11H14F3N3O2. The minimum absolute atomic E-state index is 0.0427. The van der Waals surface area contributed by atoms with Gasteiger partial charge in [0, 0.05) is 12.2 Å². The lowest BCUT2D eigenvalue weighted by atomic mass is 10.1. The van der Waals surface area contributed by atoms with Gasteiger partial charge < -0.3 is 21.5 Å². The first kappa shape index (κ1) is 15.1. The molecule has 1 amide bonds. The third kappa shape index (κ3) is 4.32. The number of hydrogen-bond donors (Lipinski definition) is 3. The van der Waals surface area contributed by atoms with Gasteiger partial charge in [0.2, 0.25) is 0 Å². The first-order valence-corrected chi connectivity index (χ1v) is 5.36. The first-order valence-electron chi connectivity index (χ1n) is 5.36. The van der Waals surface area contributed by atoms with Crippen molar-refractivity contribution >= 4 is 17.3 Å². The number of aliphatic hydroxyl groups excluding tert-OH is 1. The van der Waals surface area contributed by atoms with Crippen LogP contribution >= 0.6 is 0 Å². The Hall–Kier alpha value is -1.96. The van der Waals surface area contributed by atoms with E-state index in [9.17, 15) is 18.0 Å². The van der Waals surface area contributed by atoms with Crippen LogP contribution in [0.2, 0.25) is 0 Å². The molecule has 0 aliphatic heterocycles. The van der Waals surface area contributed by atoms with E-state index in [0.717, 1.165) is 4.90 Å². The number of rotatable bonds is 5. The average Bonchev–Trinajstić information content (AvgIpc) is 2.26. The van der Waals surface area contributed by atoms with E-state index in [1.165, 1.54) is 18.2 Å². The summed E-state index contributed by atoms with van der Waals surface area (Å²) in [5.41, 5.74) is 10.7. The van der Waals surface area contributed by atoms with Crippen molar-refractivity contribution in [3.05, 3.63) is 23.8 Å². The van der Waals surface area contributed by atoms with E-state index in [0.29, 0.717) is 0 Å². The van der Waals surface area contributed by atoms with Gasteiger partial charge in [0.1, 0.15) is 6.54 Å². The molecular weight excluding hydrogens is 263 g/mol. The van der Waals surface area contributed by atoms with Gasteiger partial charge in [-0.25, -0.2) is 0 Å². The summed E-state index contributed by atoms with van der Waals surface area (Å²) in [5, 5.41) is 8.84.